The van der Waals surface area contributed by atoms with E-state index < -0.39 is 23.9 Å². The van der Waals surface area contributed by atoms with Gasteiger partial charge in [0.2, 0.25) is 0 Å². The molecule has 0 fully saturated rings. The molecule has 0 aliphatic carbocycles. The molecule has 2 heterocycles. The van der Waals surface area contributed by atoms with Crippen molar-refractivity contribution in [1.29, 1.82) is 0 Å². The summed E-state index contributed by atoms with van der Waals surface area (Å²) in [6, 6.07) is 7.45. The maximum absolute atomic E-state index is 12.6. The maximum Gasteiger partial charge on any atom is 0.338 e. The Kier molecular flexibility index (Phi) is 4.81. The van der Waals surface area contributed by atoms with Gasteiger partial charge in [0.15, 0.2) is 6.10 Å². The predicted molar refractivity (Wildman–Crippen MR) is 92.9 cm³/mol. The van der Waals surface area contributed by atoms with E-state index in [0.717, 1.165) is 4.90 Å². The first-order valence-corrected chi connectivity index (χ1v) is 8.24. The molecule has 1 aromatic carbocycles. The number of carbonyl (C=O) groups is 4. The standard InChI is InChI=1S/C19H18N2O6/c1-11(16(22)20(2)3)27-19(25)12-6-7-14-15(9-12)18(24)21(17(14)23)10-13-5-4-8-26-13/h4-9,11H,10H2,1-3H3/t11-/m0/s1. The monoisotopic (exact) mass is 370 g/mol. The summed E-state index contributed by atoms with van der Waals surface area (Å²) in [5.74, 6) is -1.60. The highest BCUT2D eigenvalue weighted by molar-refractivity contribution is 6.21. The van der Waals surface area contributed by atoms with Gasteiger partial charge in [0.25, 0.3) is 17.7 Å². The third-order valence-corrected chi connectivity index (χ3v) is 4.17. The van der Waals surface area contributed by atoms with E-state index in [1.54, 1.807) is 26.2 Å². The number of ether oxygens (including phenoxy) is 1. The minimum absolute atomic E-state index is 0.00744. The number of esters is 1. The predicted octanol–water partition coefficient (Wildman–Crippen LogP) is 1.71. The minimum Gasteiger partial charge on any atom is -0.467 e. The first-order valence-electron chi connectivity index (χ1n) is 8.24. The van der Waals surface area contributed by atoms with Crippen LogP contribution in [0.4, 0.5) is 0 Å². The van der Waals surface area contributed by atoms with Crippen molar-refractivity contribution in [1.82, 2.24) is 9.80 Å². The van der Waals surface area contributed by atoms with Crippen molar-refractivity contribution in [3.63, 3.8) is 0 Å². The fraction of sp³-hybridized carbons (Fsp3) is 0.263. The molecule has 1 atom stereocenters. The van der Waals surface area contributed by atoms with Crippen LogP contribution >= 0.6 is 0 Å². The molecule has 1 aliphatic heterocycles. The van der Waals surface area contributed by atoms with E-state index in [0.29, 0.717) is 5.76 Å². The summed E-state index contributed by atoms with van der Waals surface area (Å²) in [5, 5.41) is 0. The summed E-state index contributed by atoms with van der Waals surface area (Å²) in [6.07, 6.45) is 0.492. The van der Waals surface area contributed by atoms with E-state index in [-0.39, 0.29) is 29.1 Å². The van der Waals surface area contributed by atoms with Crippen molar-refractivity contribution in [2.75, 3.05) is 14.1 Å². The Balaban J connectivity index is 1.79. The molecule has 3 amide bonds. The SMILES string of the molecule is C[C@H](OC(=O)c1ccc2c(c1)C(=O)N(Cc1ccco1)C2=O)C(=O)N(C)C. The number of imide groups is 1. The second-order valence-corrected chi connectivity index (χ2v) is 6.32. The Hall–Kier alpha value is -3.42. The van der Waals surface area contributed by atoms with Crippen molar-refractivity contribution in [3.8, 4) is 0 Å². The molecule has 8 nitrogen and oxygen atoms in total. The number of fused-ring (bicyclic) bond motifs is 1. The molecule has 27 heavy (non-hydrogen) atoms. The van der Waals surface area contributed by atoms with Gasteiger partial charge in [-0.2, -0.15) is 0 Å². The first-order chi connectivity index (χ1) is 12.8. The van der Waals surface area contributed by atoms with E-state index in [1.807, 2.05) is 0 Å². The smallest absolute Gasteiger partial charge is 0.338 e. The molecule has 140 valence electrons. The van der Waals surface area contributed by atoms with Crippen molar-refractivity contribution < 1.29 is 28.3 Å². The molecule has 0 spiro atoms. The normalized spacial score (nSPS) is 14.1. The second kappa shape index (κ2) is 7.06. The average Bonchev–Trinajstić information content (AvgIpc) is 3.23. The van der Waals surface area contributed by atoms with Crippen molar-refractivity contribution in [2.24, 2.45) is 0 Å². The highest BCUT2D eigenvalue weighted by atomic mass is 16.5. The maximum atomic E-state index is 12.6. The summed E-state index contributed by atoms with van der Waals surface area (Å²) in [6.45, 7) is 1.47. The Morgan fingerprint density at radius 2 is 1.85 bits per heavy atom. The molecule has 2 aromatic rings. The Morgan fingerprint density at radius 1 is 1.15 bits per heavy atom. The third kappa shape index (κ3) is 3.46. The summed E-state index contributed by atoms with van der Waals surface area (Å²) >= 11 is 0. The van der Waals surface area contributed by atoms with Crippen molar-refractivity contribution in [2.45, 2.75) is 19.6 Å². The number of hydrogen-bond acceptors (Lipinski definition) is 6. The Labute approximate surface area is 155 Å². The van der Waals surface area contributed by atoms with Crippen molar-refractivity contribution in [3.05, 3.63) is 59.0 Å². The first kappa shape index (κ1) is 18.4. The summed E-state index contributed by atoms with van der Waals surface area (Å²) in [4.78, 5) is 51.5. The van der Waals surface area contributed by atoms with Crippen molar-refractivity contribution >= 4 is 23.7 Å². The number of amides is 3. The largest absolute Gasteiger partial charge is 0.467 e. The van der Waals surface area contributed by atoms with Crippen LogP contribution in [0.3, 0.4) is 0 Å². The quantitative estimate of drug-likeness (QED) is 0.587. The van der Waals surface area contributed by atoms with Crippen LogP contribution in [0.25, 0.3) is 0 Å². The number of nitrogens with zero attached hydrogens (tertiary/aromatic N) is 2. The van der Waals surface area contributed by atoms with Crippen LogP contribution in [0.2, 0.25) is 0 Å². The van der Waals surface area contributed by atoms with Gasteiger partial charge in [-0.15, -0.1) is 0 Å². The molecule has 3 rings (SSSR count). The lowest BCUT2D eigenvalue weighted by Gasteiger charge is -2.17. The van der Waals surface area contributed by atoms with Crippen LogP contribution in [0.5, 0.6) is 0 Å². The topological polar surface area (TPSA) is 97.1 Å². The molecule has 0 N–H and O–H groups in total. The second-order valence-electron chi connectivity index (χ2n) is 6.32. The van der Waals surface area contributed by atoms with Gasteiger partial charge in [-0.1, -0.05) is 0 Å². The van der Waals surface area contributed by atoms with E-state index in [1.165, 1.54) is 36.3 Å². The summed E-state index contributed by atoms with van der Waals surface area (Å²) in [7, 11) is 3.11. The van der Waals surface area contributed by atoms with Gasteiger partial charge >= 0.3 is 5.97 Å². The van der Waals surface area contributed by atoms with Gasteiger partial charge < -0.3 is 14.1 Å². The molecule has 0 radical (unpaired) electrons. The molecular weight excluding hydrogens is 352 g/mol. The Bertz CT molecular complexity index is 916. The van der Waals surface area contributed by atoms with E-state index in [4.69, 9.17) is 9.15 Å². The van der Waals surface area contributed by atoms with Crippen LogP contribution < -0.4 is 0 Å². The molecule has 0 saturated carbocycles. The summed E-state index contributed by atoms with van der Waals surface area (Å²) < 4.78 is 10.3. The van der Waals surface area contributed by atoms with E-state index in [2.05, 4.69) is 0 Å². The zero-order valence-corrected chi connectivity index (χ0v) is 15.1. The third-order valence-electron chi connectivity index (χ3n) is 4.17. The average molecular weight is 370 g/mol. The van der Waals surface area contributed by atoms with Crippen LogP contribution in [-0.4, -0.2) is 53.7 Å². The molecule has 8 heteroatoms. The number of carbonyl (C=O) groups excluding carboxylic acids is 4. The summed E-state index contributed by atoms with van der Waals surface area (Å²) in [5.41, 5.74) is 0.418. The highest BCUT2D eigenvalue weighted by Gasteiger charge is 2.36. The number of benzene rings is 1. The van der Waals surface area contributed by atoms with Gasteiger partial charge in [-0.05, 0) is 37.3 Å². The number of furan rings is 1. The minimum atomic E-state index is -0.964. The fourth-order valence-electron chi connectivity index (χ4n) is 2.76. The van der Waals surface area contributed by atoms with Crippen LogP contribution in [0.15, 0.2) is 41.0 Å². The van der Waals surface area contributed by atoms with Crippen LogP contribution in [0.1, 0.15) is 43.8 Å². The molecule has 1 aliphatic rings. The zero-order chi connectivity index (χ0) is 19.7. The molecule has 1 aromatic heterocycles. The fourth-order valence-corrected chi connectivity index (χ4v) is 2.76. The zero-order valence-electron chi connectivity index (χ0n) is 15.1. The number of hydrogen-bond donors (Lipinski definition) is 0. The lowest BCUT2D eigenvalue weighted by molar-refractivity contribution is -0.137. The number of rotatable bonds is 5. The lowest BCUT2D eigenvalue weighted by Crippen LogP contribution is -2.34. The number of likely N-dealkylation sites (N-methyl/N-ethyl adjacent to an activating group) is 1. The molecule has 0 bridgehead atoms. The molecule has 0 unspecified atom stereocenters. The Morgan fingerprint density at radius 3 is 2.48 bits per heavy atom. The molecule has 0 saturated heterocycles. The van der Waals surface area contributed by atoms with Gasteiger partial charge in [-0.25, -0.2) is 4.79 Å². The van der Waals surface area contributed by atoms with Crippen LogP contribution in [0, 0.1) is 0 Å². The van der Waals surface area contributed by atoms with Gasteiger partial charge in [0.1, 0.15) is 5.76 Å². The van der Waals surface area contributed by atoms with E-state index in [9.17, 15) is 19.2 Å². The van der Waals surface area contributed by atoms with Gasteiger partial charge in [0.05, 0.1) is 29.5 Å². The van der Waals surface area contributed by atoms with E-state index >= 15 is 0 Å². The van der Waals surface area contributed by atoms with Crippen LogP contribution in [-0.2, 0) is 16.1 Å². The lowest BCUT2D eigenvalue weighted by atomic mass is 10.1. The molecular formula is C19H18N2O6. The highest BCUT2D eigenvalue weighted by Crippen LogP contribution is 2.26. The van der Waals surface area contributed by atoms with Gasteiger partial charge in [0, 0.05) is 14.1 Å². The van der Waals surface area contributed by atoms with Gasteiger partial charge in [-0.3, -0.25) is 19.3 Å².